The molecule has 6 nitrogen and oxygen atoms in total. The van der Waals surface area contributed by atoms with Crippen LogP contribution in [0.1, 0.15) is 27.5 Å². The van der Waals surface area contributed by atoms with Crippen molar-refractivity contribution in [2.24, 2.45) is 0 Å². The standard InChI is InChI=1S/C32H31N3O3/c1-38-32(37)31(25-8-3-2-4-9-25)35-20-18-34(19-21-35)27-15-13-24(14-16-27)22-30(36)29-12-6-5-11-28(29)26-10-7-17-33-23-26/h2-17,23,31H,18-22H2,1H3. The average molecular weight is 506 g/mol. The monoisotopic (exact) mass is 505 g/mol. The van der Waals surface area contributed by atoms with Gasteiger partial charge in [-0.25, -0.2) is 4.79 Å². The third-order valence-corrected chi connectivity index (χ3v) is 7.09. The van der Waals surface area contributed by atoms with Crippen LogP contribution < -0.4 is 4.90 Å². The number of rotatable bonds is 8. The van der Waals surface area contributed by atoms with Gasteiger partial charge in [-0.1, -0.05) is 72.8 Å². The van der Waals surface area contributed by atoms with Crippen LogP contribution >= 0.6 is 0 Å². The molecule has 1 aliphatic heterocycles. The Morgan fingerprint density at radius 1 is 0.842 bits per heavy atom. The zero-order chi connectivity index (χ0) is 26.3. The molecule has 0 N–H and O–H groups in total. The first-order valence-corrected chi connectivity index (χ1v) is 12.9. The molecule has 1 aliphatic rings. The average Bonchev–Trinajstić information content (AvgIpc) is 2.99. The van der Waals surface area contributed by atoms with E-state index in [1.165, 1.54) is 7.11 Å². The summed E-state index contributed by atoms with van der Waals surface area (Å²) in [5.74, 6) is -0.149. The zero-order valence-electron chi connectivity index (χ0n) is 21.5. The highest BCUT2D eigenvalue weighted by molar-refractivity contribution is 6.03. The van der Waals surface area contributed by atoms with Crippen molar-refractivity contribution in [1.29, 1.82) is 0 Å². The smallest absolute Gasteiger partial charge is 0.327 e. The van der Waals surface area contributed by atoms with Gasteiger partial charge in [0.1, 0.15) is 6.04 Å². The van der Waals surface area contributed by atoms with Crippen molar-refractivity contribution < 1.29 is 14.3 Å². The number of pyridine rings is 1. The molecule has 0 spiro atoms. The minimum Gasteiger partial charge on any atom is -0.468 e. The van der Waals surface area contributed by atoms with E-state index in [1.807, 2.05) is 78.9 Å². The molecule has 1 atom stereocenters. The zero-order valence-corrected chi connectivity index (χ0v) is 21.5. The number of piperazine rings is 1. The number of ketones is 1. The van der Waals surface area contributed by atoms with Crippen LogP contribution in [0.25, 0.3) is 11.1 Å². The summed E-state index contributed by atoms with van der Waals surface area (Å²) in [6.07, 6.45) is 3.85. The molecule has 1 saturated heterocycles. The maximum absolute atomic E-state index is 13.2. The van der Waals surface area contributed by atoms with Crippen LogP contribution in [0.4, 0.5) is 5.69 Å². The number of aromatic nitrogens is 1. The Balaban J connectivity index is 1.23. The minimum atomic E-state index is -0.397. The fraction of sp³-hybridized carbons (Fsp3) is 0.219. The van der Waals surface area contributed by atoms with E-state index in [1.54, 1.807) is 12.4 Å². The molecule has 1 aromatic heterocycles. The van der Waals surface area contributed by atoms with Crippen molar-refractivity contribution in [3.63, 3.8) is 0 Å². The topological polar surface area (TPSA) is 62.7 Å². The largest absolute Gasteiger partial charge is 0.468 e. The molecule has 4 aromatic rings. The first-order chi connectivity index (χ1) is 18.6. The summed E-state index contributed by atoms with van der Waals surface area (Å²) in [4.78, 5) is 34.5. The number of ether oxygens (including phenoxy) is 1. The molecule has 0 saturated carbocycles. The lowest BCUT2D eigenvalue weighted by Gasteiger charge is -2.39. The molecule has 192 valence electrons. The third kappa shape index (κ3) is 5.66. The Bertz CT molecular complexity index is 1370. The maximum atomic E-state index is 13.2. The molecule has 38 heavy (non-hydrogen) atoms. The number of carbonyl (C=O) groups excluding carboxylic acids is 2. The quantitative estimate of drug-likeness (QED) is 0.242. The molecule has 0 radical (unpaired) electrons. The second kappa shape index (κ2) is 11.8. The van der Waals surface area contributed by atoms with Gasteiger partial charge in [-0.15, -0.1) is 0 Å². The first kappa shape index (κ1) is 25.4. The van der Waals surface area contributed by atoms with Gasteiger partial charge in [0, 0.05) is 61.8 Å². The predicted molar refractivity (Wildman–Crippen MR) is 149 cm³/mol. The number of benzene rings is 3. The van der Waals surface area contributed by atoms with Gasteiger partial charge in [-0.05, 0) is 34.9 Å². The second-order valence-electron chi connectivity index (χ2n) is 9.41. The van der Waals surface area contributed by atoms with Crippen LogP contribution in [0, 0.1) is 0 Å². The van der Waals surface area contributed by atoms with E-state index >= 15 is 0 Å². The molecule has 0 amide bonds. The molecule has 6 heteroatoms. The van der Waals surface area contributed by atoms with Crippen LogP contribution in [0.3, 0.4) is 0 Å². The van der Waals surface area contributed by atoms with E-state index in [-0.39, 0.29) is 11.8 Å². The van der Waals surface area contributed by atoms with Crippen LogP contribution in [-0.4, -0.2) is 54.9 Å². The molecule has 2 heterocycles. The van der Waals surface area contributed by atoms with Gasteiger partial charge < -0.3 is 9.64 Å². The number of hydrogen-bond donors (Lipinski definition) is 0. The highest BCUT2D eigenvalue weighted by Crippen LogP contribution is 2.27. The molecule has 0 aliphatic carbocycles. The molecule has 5 rings (SSSR count). The maximum Gasteiger partial charge on any atom is 0.327 e. The Hall–Kier alpha value is -4.29. The summed E-state index contributed by atoms with van der Waals surface area (Å²) >= 11 is 0. The van der Waals surface area contributed by atoms with Crippen LogP contribution in [-0.2, 0) is 16.0 Å². The second-order valence-corrected chi connectivity index (χ2v) is 9.41. The van der Waals surface area contributed by atoms with Gasteiger partial charge in [0.15, 0.2) is 5.78 Å². The van der Waals surface area contributed by atoms with E-state index in [2.05, 4.69) is 26.9 Å². The van der Waals surface area contributed by atoms with Crippen LogP contribution in [0.5, 0.6) is 0 Å². The molecule has 1 unspecified atom stereocenters. The highest BCUT2D eigenvalue weighted by Gasteiger charge is 2.31. The summed E-state index contributed by atoms with van der Waals surface area (Å²) in [5.41, 5.74) is 5.60. The fourth-order valence-electron chi connectivity index (χ4n) is 5.09. The number of Topliss-reactive ketones (excluding diaryl/α,β-unsaturated/α-hetero) is 1. The Kier molecular flexibility index (Phi) is 7.90. The SMILES string of the molecule is COC(=O)C(c1ccccc1)N1CCN(c2ccc(CC(=O)c3ccccc3-c3cccnc3)cc2)CC1. The fourth-order valence-corrected chi connectivity index (χ4v) is 5.09. The van der Waals surface area contributed by atoms with Gasteiger partial charge in [0.2, 0.25) is 0 Å². The molecular formula is C32H31N3O3. The molecule has 1 fully saturated rings. The normalized spacial score (nSPS) is 14.6. The summed E-state index contributed by atoms with van der Waals surface area (Å²) in [6, 6.07) is 29.2. The van der Waals surface area contributed by atoms with E-state index in [9.17, 15) is 9.59 Å². The Morgan fingerprint density at radius 2 is 1.55 bits per heavy atom. The van der Waals surface area contributed by atoms with Gasteiger partial charge in [0.05, 0.1) is 7.11 Å². The van der Waals surface area contributed by atoms with Crippen LogP contribution in [0.2, 0.25) is 0 Å². The van der Waals surface area contributed by atoms with Gasteiger partial charge >= 0.3 is 5.97 Å². The molecular weight excluding hydrogens is 474 g/mol. The van der Waals surface area contributed by atoms with Crippen molar-refractivity contribution in [3.8, 4) is 11.1 Å². The molecule has 3 aromatic carbocycles. The lowest BCUT2D eigenvalue weighted by Crippen LogP contribution is -2.49. The third-order valence-electron chi connectivity index (χ3n) is 7.09. The number of esters is 1. The summed E-state index contributed by atoms with van der Waals surface area (Å²) < 4.78 is 5.12. The summed E-state index contributed by atoms with van der Waals surface area (Å²) in [6.45, 7) is 3.11. The highest BCUT2D eigenvalue weighted by atomic mass is 16.5. The number of methoxy groups -OCH3 is 1. The number of nitrogens with zero attached hydrogens (tertiary/aromatic N) is 3. The van der Waals surface area contributed by atoms with Crippen molar-refractivity contribution in [3.05, 3.63) is 120 Å². The van der Waals surface area contributed by atoms with E-state index in [0.29, 0.717) is 12.0 Å². The predicted octanol–water partition coefficient (Wildman–Crippen LogP) is 5.21. The lowest BCUT2D eigenvalue weighted by atomic mass is 9.95. The van der Waals surface area contributed by atoms with E-state index in [4.69, 9.17) is 4.74 Å². The van der Waals surface area contributed by atoms with Gasteiger partial charge in [-0.3, -0.25) is 14.7 Å². The first-order valence-electron chi connectivity index (χ1n) is 12.9. The van der Waals surface area contributed by atoms with E-state index in [0.717, 1.165) is 54.1 Å². The number of hydrogen-bond acceptors (Lipinski definition) is 6. The lowest BCUT2D eigenvalue weighted by molar-refractivity contribution is -0.147. The molecule has 0 bridgehead atoms. The summed E-state index contributed by atoms with van der Waals surface area (Å²) in [7, 11) is 1.44. The van der Waals surface area contributed by atoms with Crippen LogP contribution in [0.15, 0.2) is 103 Å². The van der Waals surface area contributed by atoms with Crippen molar-refractivity contribution in [1.82, 2.24) is 9.88 Å². The number of anilines is 1. The van der Waals surface area contributed by atoms with E-state index < -0.39 is 6.04 Å². The Labute approximate surface area is 223 Å². The Morgan fingerprint density at radius 3 is 2.24 bits per heavy atom. The van der Waals surface area contributed by atoms with Crippen molar-refractivity contribution >= 4 is 17.4 Å². The van der Waals surface area contributed by atoms with Gasteiger partial charge in [-0.2, -0.15) is 0 Å². The minimum absolute atomic E-state index is 0.0839. The van der Waals surface area contributed by atoms with Crippen molar-refractivity contribution in [2.75, 3.05) is 38.2 Å². The number of carbonyl (C=O) groups is 2. The van der Waals surface area contributed by atoms with Crippen molar-refractivity contribution in [2.45, 2.75) is 12.5 Å². The summed E-state index contributed by atoms with van der Waals surface area (Å²) in [5, 5.41) is 0. The van der Waals surface area contributed by atoms with Gasteiger partial charge in [0.25, 0.3) is 0 Å².